The topological polar surface area (TPSA) is 43.4 Å². The van der Waals surface area contributed by atoms with Crippen molar-refractivity contribution in [2.45, 2.75) is 26.2 Å². The van der Waals surface area contributed by atoms with Crippen LogP contribution in [-0.4, -0.2) is 18.9 Å². The predicted octanol–water partition coefficient (Wildman–Crippen LogP) is 0.830. The monoisotopic (exact) mass is 143 g/mol. The molecule has 0 aliphatic rings. The SMILES string of the molecule is CCCOC(=O)CC[C]=O. The van der Waals surface area contributed by atoms with Gasteiger partial charge in [-0.15, -0.1) is 0 Å². The summed E-state index contributed by atoms with van der Waals surface area (Å²) in [6, 6.07) is 0. The lowest BCUT2D eigenvalue weighted by atomic mass is 10.3. The first-order chi connectivity index (χ1) is 4.81. The van der Waals surface area contributed by atoms with Gasteiger partial charge in [-0.05, 0) is 6.42 Å². The summed E-state index contributed by atoms with van der Waals surface area (Å²) in [5.41, 5.74) is 0. The Labute approximate surface area is 60.4 Å². The molecule has 0 aliphatic heterocycles. The first-order valence-corrected chi connectivity index (χ1v) is 3.32. The number of esters is 1. The van der Waals surface area contributed by atoms with Gasteiger partial charge in [0.05, 0.1) is 13.0 Å². The Morgan fingerprint density at radius 1 is 1.60 bits per heavy atom. The lowest BCUT2D eigenvalue weighted by Gasteiger charge is -1.98. The molecule has 0 aromatic carbocycles. The van der Waals surface area contributed by atoms with Crippen molar-refractivity contribution in [3.05, 3.63) is 0 Å². The molecule has 0 saturated heterocycles. The summed E-state index contributed by atoms with van der Waals surface area (Å²) in [5.74, 6) is -0.315. The third-order valence-electron chi connectivity index (χ3n) is 0.898. The molecule has 0 spiro atoms. The van der Waals surface area contributed by atoms with Crippen molar-refractivity contribution in [3.8, 4) is 0 Å². The van der Waals surface area contributed by atoms with Crippen LogP contribution in [0.3, 0.4) is 0 Å². The standard InChI is InChI=1S/C7H11O3/c1-2-6-10-7(9)4-3-5-8/h2-4,6H2,1H3. The van der Waals surface area contributed by atoms with E-state index in [9.17, 15) is 9.59 Å². The second-order valence-corrected chi connectivity index (χ2v) is 1.86. The van der Waals surface area contributed by atoms with E-state index in [-0.39, 0.29) is 18.8 Å². The molecule has 0 heterocycles. The second-order valence-electron chi connectivity index (χ2n) is 1.86. The van der Waals surface area contributed by atoms with E-state index >= 15 is 0 Å². The molecule has 0 N–H and O–H groups in total. The van der Waals surface area contributed by atoms with Gasteiger partial charge in [-0.2, -0.15) is 0 Å². The van der Waals surface area contributed by atoms with Crippen molar-refractivity contribution in [2.75, 3.05) is 6.61 Å². The molecule has 0 saturated carbocycles. The maximum atomic E-state index is 10.6. The number of carbonyl (C=O) groups is 1. The first kappa shape index (κ1) is 9.14. The third-order valence-corrected chi connectivity index (χ3v) is 0.898. The van der Waals surface area contributed by atoms with E-state index in [4.69, 9.17) is 0 Å². The van der Waals surface area contributed by atoms with Crippen molar-refractivity contribution >= 4 is 12.3 Å². The van der Waals surface area contributed by atoms with Crippen LogP contribution >= 0.6 is 0 Å². The molecule has 0 unspecified atom stereocenters. The normalized spacial score (nSPS) is 8.90. The van der Waals surface area contributed by atoms with Crippen LogP contribution in [0.2, 0.25) is 0 Å². The summed E-state index contributed by atoms with van der Waals surface area (Å²) in [6.07, 6.45) is 2.74. The number of ether oxygens (including phenoxy) is 1. The second kappa shape index (κ2) is 6.26. The number of hydrogen-bond acceptors (Lipinski definition) is 3. The van der Waals surface area contributed by atoms with Crippen LogP contribution < -0.4 is 0 Å². The molecule has 0 fully saturated rings. The summed E-state index contributed by atoms with van der Waals surface area (Å²) in [5, 5.41) is 0. The van der Waals surface area contributed by atoms with Gasteiger partial charge < -0.3 is 4.74 Å². The molecule has 0 bridgehead atoms. The predicted molar refractivity (Wildman–Crippen MR) is 36.2 cm³/mol. The molecule has 57 valence electrons. The maximum absolute atomic E-state index is 10.6. The molecule has 0 amide bonds. The molecule has 0 aliphatic carbocycles. The van der Waals surface area contributed by atoms with E-state index in [0.29, 0.717) is 6.61 Å². The lowest BCUT2D eigenvalue weighted by Crippen LogP contribution is -2.04. The van der Waals surface area contributed by atoms with Gasteiger partial charge in [-0.3, -0.25) is 9.59 Å². The molecular weight excluding hydrogens is 132 g/mol. The van der Waals surface area contributed by atoms with E-state index in [1.165, 1.54) is 0 Å². The van der Waals surface area contributed by atoms with Gasteiger partial charge in [0.25, 0.3) is 0 Å². The van der Waals surface area contributed by atoms with Gasteiger partial charge in [0.15, 0.2) is 6.29 Å². The highest BCUT2D eigenvalue weighted by Gasteiger charge is 1.99. The van der Waals surface area contributed by atoms with E-state index in [0.717, 1.165) is 6.42 Å². The summed E-state index contributed by atoms with van der Waals surface area (Å²) >= 11 is 0. The summed E-state index contributed by atoms with van der Waals surface area (Å²) in [6.45, 7) is 2.36. The van der Waals surface area contributed by atoms with Crippen LogP contribution in [0, 0.1) is 0 Å². The average Bonchev–Trinajstić information content (AvgIpc) is 1.97. The van der Waals surface area contributed by atoms with Crippen molar-refractivity contribution in [1.29, 1.82) is 0 Å². The van der Waals surface area contributed by atoms with Crippen LogP contribution in [0.15, 0.2) is 0 Å². The fourth-order valence-corrected chi connectivity index (χ4v) is 0.441. The van der Waals surface area contributed by atoms with E-state index in [1.54, 1.807) is 6.29 Å². The summed E-state index contributed by atoms with van der Waals surface area (Å²) < 4.78 is 4.68. The fourth-order valence-electron chi connectivity index (χ4n) is 0.441. The van der Waals surface area contributed by atoms with Crippen molar-refractivity contribution in [2.24, 2.45) is 0 Å². The third kappa shape index (κ3) is 5.28. The molecular formula is C7H11O3. The summed E-state index contributed by atoms with van der Waals surface area (Å²) in [4.78, 5) is 20.2. The zero-order valence-electron chi connectivity index (χ0n) is 6.05. The molecule has 0 rings (SSSR count). The van der Waals surface area contributed by atoms with Gasteiger partial charge in [-0.1, -0.05) is 6.92 Å². The molecule has 1 radical (unpaired) electrons. The molecule has 3 nitrogen and oxygen atoms in total. The Balaban J connectivity index is 3.16. The van der Waals surface area contributed by atoms with Gasteiger partial charge in [0, 0.05) is 6.42 Å². The number of hydrogen-bond donors (Lipinski definition) is 0. The van der Waals surface area contributed by atoms with Crippen LogP contribution in [0.25, 0.3) is 0 Å². The highest BCUT2D eigenvalue weighted by atomic mass is 16.5. The van der Waals surface area contributed by atoms with Crippen molar-refractivity contribution < 1.29 is 14.3 Å². The first-order valence-electron chi connectivity index (χ1n) is 3.32. The Kier molecular flexibility index (Phi) is 5.72. The largest absolute Gasteiger partial charge is 0.466 e. The van der Waals surface area contributed by atoms with Crippen molar-refractivity contribution in [1.82, 2.24) is 0 Å². The molecule has 10 heavy (non-hydrogen) atoms. The van der Waals surface area contributed by atoms with Gasteiger partial charge in [0.2, 0.25) is 0 Å². The van der Waals surface area contributed by atoms with Gasteiger partial charge >= 0.3 is 5.97 Å². The van der Waals surface area contributed by atoms with Gasteiger partial charge in [0.1, 0.15) is 0 Å². The molecule has 0 atom stereocenters. The fraction of sp³-hybridized carbons (Fsp3) is 0.714. The number of rotatable bonds is 5. The quantitative estimate of drug-likeness (QED) is 0.535. The maximum Gasteiger partial charge on any atom is 0.306 e. The smallest absolute Gasteiger partial charge is 0.306 e. The zero-order chi connectivity index (χ0) is 7.82. The number of carbonyl (C=O) groups excluding carboxylic acids is 2. The Morgan fingerprint density at radius 3 is 2.80 bits per heavy atom. The molecule has 0 aromatic rings. The molecule has 3 heteroatoms. The van der Waals surface area contributed by atoms with Crippen LogP contribution in [-0.2, 0) is 14.3 Å². The minimum absolute atomic E-state index is 0.141. The summed E-state index contributed by atoms with van der Waals surface area (Å²) in [7, 11) is 0. The van der Waals surface area contributed by atoms with Crippen LogP contribution in [0.4, 0.5) is 0 Å². The lowest BCUT2D eigenvalue weighted by molar-refractivity contribution is -0.143. The minimum atomic E-state index is -0.315. The Morgan fingerprint density at radius 2 is 2.30 bits per heavy atom. The van der Waals surface area contributed by atoms with E-state index in [1.807, 2.05) is 6.92 Å². The van der Waals surface area contributed by atoms with Crippen LogP contribution in [0.5, 0.6) is 0 Å². The van der Waals surface area contributed by atoms with Crippen molar-refractivity contribution in [3.63, 3.8) is 0 Å². The zero-order valence-corrected chi connectivity index (χ0v) is 6.05. The average molecular weight is 143 g/mol. The highest BCUT2D eigenvalue weighted by Crippen LogP contribution is 1.90. The highest BCUT2D eigenvalue weighted by molar-refractivity contribution is 5.72. The van der Waals surface area contributed by atoms with E-state index in [2.05, 4.69) is 4.74 Å². The van der Waals surface area contributed by atoms with Gasteiger partial charge in [-0.25, -0.2) is 0 Å². The minimum Gasteiger partial charge on any atom is -0.466 e. The van der Waals surface area contributed by atoms with Crippen LogP contribution in [0.1, 0.15) is 26.2 Å². The Hall–Kier alpha value is -0.860. The molecule has 0 aromatic heterocycles. The Bertz CT molecular complexity index is 109. The van der Waals surface area contributed by atoms with E-state index < -0.39 is 0 Å².